The fraction of sp³-hybridized carbons (Fsp3) is 0.412. The van der Waals surface area contributed by atoms with Gasteiger partial charge in [0.05, 0.1) is 42.3 Å². The molecule has 2 fully saturated rings. The number of methoxy groups -OCH3 is 2. The van der Waals surface area contributed by atoms with Crippen LogP contribution < -0.4 is 14.8 Å². The molecule has 1 amide bonds. The molecule has 2 aromatic carbocycles. The van der Waals surface area contributed by atoms with Crippen molar-refractivity contribution in [1.82, 2.24) is 34.4 Å². The highest BCUT2D eigenvalue weighted by Gasteiger charge is 2.31. The van der Waals surface area contributed by atoms with E-state index in [1.165, 1.54) is 25.9 Å². The number of piperazine rings is 1. The Morgan fingerprint density at radius 3 is 2.56 bits per heavy atom. The Morgan fingerprint density at radius 2 is 1.80 bits per heavy atom. The summed E-state index contributed by atoms with van der Waals surface area (Å²) in [5.41, 5.74) is 5.29. The third-order valence-electron chi connectivity index (χ3n) is 9.59. The predicted molar refractivity (Wildman–Crippen MR) is 174 cm³/mol. The van der Waals surface area contributed by atoms with E-state index in [2.05, 4.69) is 41.7 Å². The molecule has 11 nitrogen and oxygen atoms in total. The standard InChI is InChI=1S/C34H40N8O3/c1-21-32-30(37-33(42(32)14-13-35-21)22-5-8-24(9-6-22)41-17-15-40(2)16-18-41)23-7-12-27(29(19-23)45-4)36-34(43)31-26-11-10-25(44-3)20-28(26)38-39-31/h7,10-14,19-20,22,24H,5-6,8-9,15-18H2,1-4H3,(H,36,43)(H,38,39)/t22-,24-. The number of likely N-dealkylation sites (N-methyl/N-ethyl adjacent to an activating group) is 1. The molecular formula is C34H40N8O3. The van der Waals surface area contributed by atoms with E-state index >= 15 is 0 Å². The first-order valence-corrected chi connectivity index (χ1v) is 15.7. The van der Waals surface area contributed by atoms with Gasteiger partial charge in [-0.3, -0.25) is 24.2 Å². The quantitative estimate of drug-likeness (QED) is 0.262. The highest BCUT2D eigenvalue weighted by atomic mass is 16.5. The Morgan fingerprint density at radius 1 is 1.00 bits per heavy atom. The summed E-state index contributed by atoms with van der Waals surface area (Å²) in [5.74, 6) is 2.38. The fourth-order valence-electron chi connectivity index (χ4n) is 7.02. The van der Waals surface area contributed by atoms with Crippen LogP contribution in [0.3, 0.4) is 0 Å². The molecule has 5 aromatic rings. The van der Waals surface area contributed by atoms with Crippen LogP contribution in [-0.4, -0.2) is 93.8 Å². The highest BCUT2D eigenvalue weighted by molar-refractivity contribution is 6.11. The average molecular weight is 609 g/mol. The summed E-state index contributed by atoms with van der Waals surface area (Å²) < 4.78 is 13.3. The highest BCUT2D eigenvalue weighted by Crippen LogP contribution is 2.39. The number of nitrogens with one attached hydrogen (secondary N) is 2. The first kappa shape index (κ1) is 29.2. The van der Waals surface area contributed by atoms with E-state index in [1.807, 2.05) is 55.7 Å². The number of rotatable bonds is 7. The Bertz CT molecular complexity index is 1850. The minimum absolute atomic E-state index is 0.299. The number of aromatic nitrogens is 5. The molecule has 0 spiro atoms. The van der Waals surface area contributed by atoms with E-state index in [-0.39, 0.29) is 5.91 Å². The van der Waals surface area contributed by atoms with Gasteiger partial charge < -0.3 is 19.7 Å². The van der Waals surface area contributed by atoms with Gasteiger partial charge >= 0.3 is 0 Å². The zero-order valence-electron chi connectivity index (χ0n) is 26.3. The maximum atomic E-state index is 13.3. The summed E-state index contributed by atoms with van der Waals surface area (Å²) in [5, 5.41) is 10.9. The lowest BCUT2D eigenvalue weighted by Gasteiger charge is -2.41. The van der Waals surface area contributed by atoms with Crippen molar-refractivity contribution in [3.8, 4) is 22.8 Å². The van der Waals surface area contributed by atoms with Crippen LogP contribution in [0.4, 0.5) is 5.69 Å². The second-order valence-corrected chi connectivity index (χ2v) is 12.2. The molecule has 11 heteroatoms. The van der Waals surface area contributed by atoms with Crippen molar-refractivity contribution < 1.29 is 14.3 Å². The van der Waals surface area contributed by atoms with Crippen molar-refractivity contribution in [2.24, 2.45) is 0 Å². The van der Waals surface area contributed by atoms with Gasteiger partial charge in [-0.25, -0.2) is 4.98 Å². The van der Waals surface area contributed by atoms with Crippen molar-refractivity contribution in [1.29, 1.82) is 0 Å². The number of hydrogen-bond donors (Lipinski definition) is 2. The van der Waals surface area contributed by atoms with E-state index < -0.39 is 0 Å². The van der Waals surface area contributed by atoms with Crippen LogP contribution in [0.2, 0.25) is 0 Å². The molecule has 1 aliphatic heterocycles. The summed E-state index contributed by atoms with van der Waals surface area (Å²) in [6, 6.07) is 11.9. The molecule has 3 aromatic heterocycles. The number of hydrogen-bond acceptors (Lipinski definition) is 8. The van der Waals surface area contributed by atoms with Gasteiger partial charge in [0, 0.05) is 67.5 Å². The molecule has 7 rings (SSSR count). The lowest BCUT2D eigenvalue weighted by Crippen LogP contribution is -2.49. The molecule has 0 radical (unpaired) electrons. The zero-order valence-corrected chi connectivity index (χ0v) is 26.3. The number of H-pyrrole nitrogens is 1. The molecule has 0 unspecified atom stereocenters. The van der Waals surface area contributed by atoms with E-state index in [0.29, 0.717) is 40.2 Å². The average Bonchev–Trinajstić information content (AvgIpc) is 3.68. The topological polar surface area (TPSA) is 113 Å². The van der Waals surface area contributed by atoms with Gasteiger partial charge in [-0.1, -0.05) is 6.07 Å². The Hall–Kier alpha value is -4.48. The number of fused-ring (bicyclic) bond motifs is 2. The molecule has 1 saturated carbocycles. The van der Waals surface area contributed by atoms with Gasteiger partial charge in [0.2, 0.25) is 0 Å². The second-order valence-electron chi connectivity index (χ2n) is 12.2. The third-order valence-corrected chi connectivity index (χ3v) is 9.59. The Kier molecular flexibility index (Phi) is 7.88. The second kappa shape index (κ2) is 12.1. The number of anilines is 1. The van der Waals surface area contributed by atoms with Gasteiger partial charge in [-0.15, -0.1) is 0 Å². The summed E-state index contributed by atoms with van der Waals surface area (Å²) in [4.78, 5) is 28.3. The molecule has 2 N–H and O–H groups in total. The first-order chi connectivity index (χ1) is 21.9. The minimum Gasteiger partial charge on any atom is -0.497 e. The third kappa shape index (κ3) is 5.51. The monoisotopic (exact) mass is 608 g/mol. The molecule has 1 aliphatic carbocycles. The van der Waals surface area contributed by atoms with E-state index in [9.17, 15) is 4.79 Å². The Labute approximate surface area is 262 Å². The summed E-state index contributed by atoms with van der Waals surface area (Å²) in [6.07, 6.45) is 8.55. The maximum Gasteiger partial charge on any atom is 0.276 e. The molecule has 4 heterocycles. The van der Waals surface area contributed by atoms with E-state index in [4.69, 9.17) is 14.5 Å². The number of nitrogens with zero attached hydrogens (tertiary/aromatic N) is 6. The van der Waals surface area contributed by atoms with Crippen molar-refractivity contribution in [3.63, 3.8) is 0 Å². The zero-order chi connectivity index (χ0) is 31.1. The van der Waals surface area contributed by atoms with Crippen LogP contribution in [0.15, 0.2) is 48.8 Å². The van der Waals surface area contributed by atoms with Crippen molar-refractivity contribution in [3.05, 3.63) is 66.0 Å². The number of imidazole rings is 1. The van der Waals surface area contributed by atoms with Crippen LogP contribution in [0.5, 0.6) is 11.5 Å². The van der Waals surface area contributed by atoms with Crippen LogP contribution in [-0.2, 0) is 0 Å². The summed E-state index contributed by atoms with van der Waals surface area (Å²) >= 11 is 0. The number of carbonyl (C=O) groups is 1. The first-order valence-electron chi connectivity index (χ1n) is 15.7. The number of benzene rings is 2. The lowest BCUT2D eigenvalue weighted by molar-refractivity contribution is 0.0872. The van der Waals surface area contributed by atoms with Crippen LogP contribution in [0.1, 0.15) is 53.6 Å². The van der Waals surface area contributed by atoms with Gasteiger partial charge in [-0.05, 0) is 63.9 Å². The van der Waals surface area contributed by atoms with E-state index in [0.717, 1.165) is 59.7 Å². The van der Waals surface area contributed by atoms with Crippen molar-refractivity contribution in [2.75, 3.05) is 52.8 Å². The smallest absolute Gasteiger partial charge is 0.276 e. The molecule has 0 bridgehead atoms. The molecular weight excluding hydrogens is 568 g/mol. The van der Waals surface area contributed by atoms with Gasteiger partial charge in [-0.2, -0.15) is 5.10 Å². The van der Waals surface area contributed by atoms with Gasteiger partial charge in [0.25, 0.3) is 5.91 Å². The largest absolute Gasteiger partial charge is 0.497 e. The Balaban J connectivity index is 1.14. The number of aryl methyl sites for hydroxylation is 1. The van der Waals surface area contributed by atoms with Crippen LogP contribution in [0.25, 0.3) is 27.7 Å². The normalized spacial score (nSPS) is 19.6. The van der Waals surface area contributed by atoms with Crippen molar-refractivity contribution in [2.45, 2.75) is 44.6 Å². The van der Waals surface area contributed by atoms with Crippen LogP contribution >= 0.6 is 0 Å². The molecule has 1 saturated heterocycles. The fourth-order valence-corrected chi connectivity index (χ4v) is 7.02. The number of aromatic amines is 1. The summed E-state index contributed by atoms with van der Waals surface area (Å²) in [6.45, 7) is 6.67. The summed E-state index contributed by atoms with van der Waals surface area (Å²) in [7, 11) is 5.42. The van der Waals surface area contributed by atoms with E-state index in [1.54, 1.807) is 14.2 Å². The molecule has 234 valence electrons. The molecule has 0 atom stereocenters. The number of ether oxygens (including phenoxy) is 2. The molecule has 2 aliphatic rings. The van der Waals surface area contributed by atoms with Gasteiger partial charge in [0.15, 0.2) is 5.69 Å². The SMILES string of the molecule is COc1ccc2c(C(=O)Nc3ccc(-c4nc([C@H]5CC[C@H](N6CCN(C)CC6)CC5)n5ccnc(C)c45)cc3OC)n[nH]c2c1. The number of carbonyl (C=O) groups excluding carboxylic acids is 1. The lowest BCUT2D eigenvalue weighted by atomic mass is 9.84. The van der Waals surface area contributed by atoms with Gasteiger partial charge in [0.1, 0.15) is 17.3 Å². The van der Waals surface area contributed by atoms with Crippen LogP contribution in [0, 0.1) is 6.92 Å². The number of amides is 1. The maximum absolute atomic E-state index is 13.3. The predicted octanol–water partition coefficient (Wildman–Crippen LogP) is 5.12. The minimum atomic E-state index is -0.334. The molecule has 45 heavy (non-hydrogen) atoms. The van der Waals surface area contributed by atoms with Crippen molar-refractivity contribution >= 4 is 28.0 Å².